The lowest BCUT2D eigenvalue weighted by Gasteiger charge is -2.35. The predicted molar refractivity (Wildman–Crippen MR) is 90.2 cm³/mol. The monoisotopic (exact) mass is 298 g/mol. The van der Waals surface area contributed by atoms with Gasteiger partial charge in [0.15, 0.2) is 6.29 Å². The Morgan fingerprint density at radius 1 is 0.952 bits per heavy atom. The number of aliphatic hydroxyl groups excluding tert-OH is 1. The lowest BCUT2D eigenvalue weighted by molar-refractivity contribution is -0.169. The maximum Gasteiger partial charge on any atom is 0.157 e. The Morgan fingerprint density at radius 2 is 1.57 bits per heavy atom. The lowest BCUT2D eigenvalue weighted by Crippen LogP contribution is -2.31. The second-order valence-corrected chi connectivity index (χ2v) is 7.25. The van der Waals surface area contributed by atoms with Crippen LogP contribution in [0.25, 0.3) is 0 Å². The second-order valence-electron chi connectivity index (χ2n) is 7.25. The average Bonchev–Trinajstić information content (AvgIpc) is 2.51. The Morgan fingerprint density at radius 3 is 2.14 bits per heavy atom. The first-order valence-electron chi connectivity index (χ1n) is 9.41. The summed E-state index contributed by atoms with van der Waals surface area (Å²) in [7, 11) is 0. The zero-order valence-electron chi connectivity index (χ0n) is 14.8. The zero-order chi connectivity index (χ0) is 15.7. The summed E-state index contributed by atoms with van der Waals surface area (Å²) < 4.78 is 5.68. The summed E-state index contributed by atoms with van der Waals surface area (Å²) in [5.74, 6) is 2.09. The predicted octanol–water partition coefficient (Wildman–Crippen LogP) is 5.53. The molecule has 1 unspecified atom stereocenters. The quantitative estimate of drug-likeness (QED) is 0.424. The molecule has 0 heterocycles. The van der Waals surface area contributed by atoms with Gasteiger partial charge in [0.2, 0.25) is 0 Å². The molecule has 1 N–H and O–H groups in total. The van der Waals surface area contributed by atoms with E-state index < -0.39 is 6.29 Å². The first-order chi connectivity index (χ1) is 10.1. The third kappa shape index (κ3) is 7.15. The van der Waals surface area contributed by atoms with E-state index in [1.807, 2.05) is 6.92 Å². The summed E-state index contributed by atoms with van der Waals surface area (Å²) in [6, 6.07) is 0. The molecule has 0 aromatic heterocycles. The summed E-state index contributed by atoms with van der Waals surface area (Å²) >= 11 is 0. The standard InChI is InChI=1S/C19H38O2/c1-5-7-8-9-10-15(3)17-11-13-18(14-12-17)19(20)21-16(4)6-2/h15-20H,5-14H2,1-4H3/t15-,16?,17?,18?,19+/m1/s1. The van der Waals surface area contributed by atoms with E-state index in [0.29, 0.717) is 5.92 Å². The number of aliphatic hydroxyl groups is 1. The molecule has 0 aromatic rings. The van der Waals surface area contributed by atoms with Crippen LogP contribution in [0.5, 0.6) is 0 Å². The molecule has 1 aliphatic carbocycles. The Hall–Kier alpha value is -0.0800. The molecule has 2 heteroatoms. The van der Waals surface area contributed by atoms with Gasteiger partial charge in [-0.15, -0.1) is 0 Å². The Balaban J connectivity index is 2.21. The van der Waals surface area contributed by atoms with Crippen LogP contribution >= 0.6 is 0 Å². The van der Waals surface area contributed by atoms with Gasteiger partial charge in [-0.3, -0.25) is 0 Å². The Labute approximate surface area is 132 Å². The van der Waals surface area contributed by atoms with Gasteiger partial charge in [-0.05, 0) is 50.9 Å². The highest BCUT2D eigenvalue weighted by atomic mass is 16.6. The van der Waals surface area contributed by atoms with Crippen LogP contribution in [0.15, 0.2) is 0 Å². The first kappa shape index (κ1) is 19.0. The minimum Gasteiger partial charge on any atom is -0.368 e. The molecule has 1 aliphatic rings. The van der Waals surface area contributed by atoms with E-state index in [2.05, 4.69) is 20.8 Å². The second kappa shape index (κ2) is 10.6. The third-order valence-corrected chi connectivity index (χ3v) is 5.48. The van der Waals surface area contributed by atoms with Crippen molar-refractivity contribution in [2.24, 2.45) is 17.8 Å². The van der Waals surface area contributed by atoms with Crippen molar-refractivity contribution in [1.82, 2.24) is 0 Å². The van der Waals surface area contributed by atoms with E-state index >= 15 is 0 Å². The summed E-state index contributed by atoms with van der Waals surface area (Å²) in [6.45, 7) is 8.86. The Kier molecular flexibility index (Phi) is 9.59. The number of hydrogen-bond donors (Lipinski definition) is 1. The van der Waals surface area contributed by atoms with Gasteiger partial charge in [-0.25, -0.2) is 0 Å². The molecule has 1 fully saturated rings. The molecular weight excluding hydrogens is 260 g/mol. The highest BCUT2D eigenvalue weighted by Crippen LogP contribution is 2.37. The normalized spacial score (nSPS) is 27.3. The fourth-order valence-electron chi connectivity index (χ4n) is 3.57. The molecule has 3 atom stereocenters. The molecule has 0 spiro atoms. The molecule has 2 nitrogen and oxygen atoms in total. The van der Waals surface area contributed by atoms with Crippen LogP contribution in [0, 0.1) is 17.8 Å². The number of unbranched alkanes of at least 4 members (excludes halogenated alkanes) is 3. The molecule has 0 bridgehead atoms. The van der Waals surface area contributed by atoms with Gasteiger partial charge < -0.3 is 9.84 Å². The average molecular weight is 299 g/mol. The SMILES string of the molecule is CCCCCC[C@@H](C)C1CCC([C@@H](O)OC(C)CC)CC1. The molecule has 1 rings (SSSR count). The van der Waals surface area contributed by atoms with Crippen LogP contribution in [0.3, 0.4) is 0 Å². The van der Waals surface area contributed by atoms with E-state index in [9.17, 15) is 5.11 Å². The zero-order valence-corrected chi connectivity index (χ0v) is 14.8. The van der Waals surface area contributed by atoms with Gasteiger partial charge >= 0.3 is 0 Å². The molecule has 1 saturated carbocycles. The summed E-state index contributed by atoms with van der Waals surface area (Å²) in [5, 5.41) is 10.2. The van der Waals surface area contributed by atoms with Crippen molar-refractivity contribution in [3.63, 3.8) is 0 Å². The Bertz CT molecular complexity index is 246. The highest BCUT2D eigenvalue weighted by molar-refractivity contribution is 4.77. The largest absolute Gasteiger partial charge is 0.368 e. The summed E-state index contributed by atoms with van der Waals surface area (Å²) in [6.07, 6.45) is 12.3. The van der Waals surface area contributed by atoms with Crippen molar-refractivity contribution < 1.29 is 9.84 Å². The van der Waals surface area contributed by atoms with Crippen molar-refractivity contribution in [3.05, 3.63) is 0 Å². The van der Waals surface area contributed by atoms with E-state index in [1.165, 1.54) is 44.9 Å². The minimum atomic E-state index is -0.541. The van der Waals surface area contributed by atoms with Crippen molar-refractivity contribution in [1.29, 1.82) is 0 Å². The molecule has 21 heavy (non-hydrogen) atoms. The van der Waals surface area contributed by atoms with Gasteiger partial charge in [0.25, 0.3) is 0 Å². The van der Waals surface area contributed by atoms with Gasteiger partial charge in [-0.2, -0.15) is 0 Å². The minimum absolute atomic E-state index is 0.176. The summed E-state index contributed by atoms with van der Waals surface area (Å²) in [5.41, 5.74) is 0. The molecule has 0 radical (unpaired) electrons. The number of ether oxygens (including phenoxy) is 1. The van der Waals surface area contributed by atoms with Gasteiger partial charge in [0.1, 0.15) is 0 Å². The highest BCUT2D eigenvalue weighted by Gasteiger charge is 2.29. The maximum atomic E-state index is 10.2. The van der Waals surface area contributed by atoms with E-state index in [1.54, 1.807) is 0 Å². The smallest absolute Gasteiger partial charge is 0.157 e. The van der Waals surface area contributed by atoms with Crippen LogP contribution in [-0.4, -0.2) is 17.5 Å². The van der Waals surface area contributed by atoms with Crippen LogP contribution < -0.4 is 0 Å². The van der Waals surface area contributed by atoms with Crippen molar-refractivity contribution in [3.8, 4) is 0 Å². The van der Waals surface area contributed by atoms with Crippen LogP contribution in [0.4, 0.5) is 0 Å². The maximum absolute atomic E-state index is 10.2. The van der Waals surface area contributed by atoms with E-state index in [0.717, 1.165) is 31.1 Å². The molecule has 0 aromatic carbocycles. The molecule has 0 amide bonds. The van der Waals surface area contributed by atoms with Gasteiger partial charge in [0, 0.05) is 5.92 Å². The summed E-state index contributed by atoms with van der Waals surface area (Å²) in [4.78, 5) is 0. The van der Waals surface area contributed by atoms with Crippen molar-refractivity contribution >= 4 is 0 Å². The number of hydrogen-bond acceptors (Lipinski definition) is 2. The molecule has 0 aliphatic heterocycles. The molecule has 0 saturated heterocycles. The first-order valence-corrected chi connectivity index (χ1v) is 9.41. The van der Waals surface area contributed by atoms with Crippen molar-refractivity contribution in [2.75, 3.05) is 0 Å². The number of rotatable bonds is 10. The molecular formula is C19H38O2. The van der Waals surface area contributed by atoms with Crippen LogP contribution in [0.2, 0.25) is 0 Å². The van der Waals surface area contributed by atoms with Crippen LogP contribution in [-0.2, 0) is 4.74 Å². The third-order valence-electron chi connectivity index (χ3n) is 5.48. The fourth-order valence-corrected chi connectivity index (χ4v) is 3.57. The molecule has 126 valence electrons. The topological polar surface area (TPSA) is 29.5 Å². The van der Waals surface area contributed by atoms with E-state index in [-0.39, 0.29) is 6.10 Å². The lowest BCUT2D eigenvalue weighted by atomic mass is 9.74. The van der Waals surface area contributed by atoms with Gasteiger partial charge in [-0.1, -0.05) is 52.9 Å². The van der Waals surface area contributed by atoms with Crippen molar-refractivity contribution in [2.45, 2.75) is 104 Å². The van der Waals surface area contributed by atoms with Crippen LogP contribution in [0.1, 0.15) is 91.9 Å². The fraction of sp³-hybridized carbons (Fsp3) is 1.00. The van der Waals surface area contributed by atoms with Gasteiger partial charge in [0.05, 0.1) is 6.10 Å². The van der Waals surface area contributed by atoms with E-state index in [4.69, 9.17) is 4.74 Å².